The van der Waals surface area contributed by atoms with E-state index in [9.17, 15) is 14.4 Å². The Morgan fingerprint density at radius 1 is 0.824 bits per heavy atom. The third-order valence-electron chi connectivity index (χ3n) is 1.29. The summed E-state index contributed by atoms with van der Waals surface area (Å²) in [7, 11) is 0. The van der Waals surface area contributed by atoms with E-state index in [2.05, 4.69) is 0 Å². The normalized spacial score (nSPS) is 8.29. The summed E-state index contributed by atoms with van der Waals surface area (Å²) in [6.07, 6.45) is -2.29. The molecule has 0 spiro atoms. The molecule has 88 valence electrons. The number of carboxylic acid groups (broad SMARTS) is 3. The number of carboxylic acids is 3. The molecule has 0 aliphatic rings. The standard InChI is InChI=1S/C6H8O7.3K.H2O.3H/c7-3(8)1-6(13,5(11)12)2-4(9)10;;;;;;;/h13H,1-2H2,(H,7,8)(H,9,10)(H,11,12);;;;1H2;;;. The van der Waals surface area contributed by atoms with Crippen molar-refractivity contribution in [3.05, 3.63) is 0 Å². The molecule has 6 N–H and O–H groups in total. The third-order valence-corrected chi connectivity index (χ3v) is 1.29. The van der Waals surface area contributed by atoms with Crippen molar-refractivity contribution in [2.45, 2.75) is 18.4 Å². The van der Waals surface area contributed by atoms with Crippen LogP contribution in [-0.4, -0.2) is 204 Å². The van der Waals surface area contributed by atoms with Crippen molar-refractivity contribution in [1.82, 2.24) is 0 Å². The van der Waals surface area contributed by atoms with Crippen LogP contribution >= 0.6 is 0 Å². The number of hydrogen-bond acceptors (Lipinski definition) is 4. The summed E-state index contributed by atoms with van der Waals surface area (Å²) in [5.41, 5.74) is -2.74. The minimum atomic E-state index is -2.74. The van der Waals surface area contributed by atoms with Crippen LogP contribution in [-0.2, 0) is 14.4 Å². The molecule has 0 heterocycles. The summed E-state index contributed by atoms with van der Waals surface area (Å²) in [6.45, 7) is 0. The number of carbonyl (C=O) groups is 3. The number of hydrogen-bond donors (Lipinski definition) is 4. The summed E-state index contributed by atoms with van der Waals surface area (Å²) in [5.74, 6) is -5.02. The van der Waals surface area contributed by atoms with Gasteiger partial charge in [0.25, 0.3) is 0 Å². The van der Waals surface area contributed by atoms with E-state index in [0.717, 1.165) is 0 Å². The van der Waals surface area contributed by atoms with Crippen molar-refractivity contribution in [3.63, 3.8) is 0 Å². The number of aliphatic carboxylic acids is 3. The van der Waals surface area contributed by atoms with Crippen molar-refractivity contribution in [3.8, 4) is 0 Å². The van der Waals surface area contributed by atoms with E-state index in [4.69, 9.17) is 20.4 Å². The molecular weight excluding hydrogens is 317 g/mol. The second-order valence-electron chi connectivity index (χ2n) is 2.48. The predicted molar refractivity (Wildman–Crippen MR) is 62.2 cm³/mol. The zero-order valence-electron chi connectivity index (χ0n) is 6.93. The molecule has 11 heteroatoms. The minimum absolute atomic E-state index is 0. The van der Waals surface area contributed by atoms with Crippen LogP contribution < -0.4 is 0 Å². The SMILES string of the molecule is O.O=C(O)CC(O)(CC(=O)O)C(=O)O.[KH].[KH].[KH]. The van der Waals surface area contributed by atoms with Crippen LogP contribution in [0, 0.1) is 0 Å². The second-order valence-corrected chi connectivity index (χ2v) is 2.48. The van der Waals surface area contributed by atoms with Crippen molar-refractivity contribution in [1.29, 1.82) is 0 Å². The number of aliphatic hydroxyl groups is 1. The fourth-order valence-corrected chi connectivity index (χ4v) is 0.714. The van der Waals surface area contributed by atoms with Gasteiger partial charge in [0, 0.05) is 0 Å². The number of rotatable bonds is 5. The molecule has 0 rings (SSSR count). The van der Waals surface area contributed by atoms with Gasteiger partial charge in [0.15, 0.2) is 5.60 Å². The van der Waals surface area contributed by atoms with E-state index in [1.54, 1.807) is 0 Å². The molecule has 8 nitrogen and oxygen atoms in total. The molecule has 0 unspecified atom stereocenters. The van der Waals surface area contributed by atoms with E-state index >= 15 is 0 Å². The first-order valence-electron chi connectivity index (χ1n) is 3.17. The molecule has 0 aromatic rings. The summed E-state index contributed by atoms with van der Waals surface area (Å²) in [6, 6.07) is 0. The van der Waals surface area contributed by atoms with Gasteiger partial charge in [0.1, 0.15) is 0 Å². The first-order valence-corrected chi connectivity index (χ1v) is 3.17. The van der Waals surface area contributed by atoms with Gasteiger partial charge in [0.05, 0.1) is 12.8 Å². The van der Waals surface area contributed by atoms with Crippen molar-refractivity contribution < 1.29 is 40.3 Å². The van der Waals surface area contributed by atoms with E-state index < -0.39 is 36.4 Å². The molecule has 0 atom stereocenters. The van der Waals surface area contributed by atoms with Gasteiger partial charge in [-0.2, -0.15) is 0 Å². The van der Waals surface area contributed by atoms with E-state index in [1.807, 2.05) is 0 Å². The van der Waals surface area contributed by atoms with Crippen LogP contribution in [0.15, 0.2) is 0 Å². The Morgan fingerprint density at radius 2 is 1.06 bits per heavy atom. The molecular formula is C6H13K3O8. The molecule has 0 radical (unpaired) electrons. The molecule has 0 aromatic heterocycles. The van der Waals surface area contributed by atoms with Crippen LogP contribution in [0.4, 0.5) is 0 Å². The van der Waals surface area contributed by atoms with Crippen LogP contribution in [0.1, 0.15) is 12.8 Å². The van der Waals surface area contributed by atoms with Gasteiger partial charge in [-0.15, -0.1) is 0 Å². The first-order chi connectivity index (χ1) is 5.78. The van der Waals surface area contributed by atoms with E-state index in [0.29, 0.717) is 0 Å². The fourth-order valence-electron chi connectivity index (χ4n) is 0.714. The summed E-state index contributed by atoms with van der Waals surface area (Å²) < 4.78 is 0. The van der Waals surface area contributed by atoms with Gasteiger partial charge in [-0.3, -0.25) is 9.59 Å². The molecule has 0 saturated carbocycles. The molecule has 0 aliphatic heterocycles. The average molecular weight is 330 g/mol. The van der Waals surface area contributed by atoms with E-state index in [-0.39, 0.29) is 160 Å². The fraction of sp³-hybridized carbons (Fsp3) is 0.500. The molecule has 0 fully saturated rings. The molecule has 0 aromatic carbocycles. The Bertz CT molecular complexity index is 240. The van der Waals surface area contributed by atoms with Crippen LogP contribution in [0.5, 0.6) is 0 Å². The monoisotopic (exact) mass is 330 g/mol. The summed E-state index contributed by atoms with van der Waals surface area (Å²) >= 11 is 0. The zero-order valence-corrected chi connectivity index (χ0v) is 6.93. The Kier molecular flexibility index (Phi) is 29.6. The van der Waals surface area contributed by atoms with Gasteiger partial charge >= 0.3 is 172 Å². The third kappa shape index (κ3) is 15.4. The molecule has 0 amide bonds. The Hall–Kier alpha value is 3.24. The van der Waals surface area contributed by atoms with Gasteiger partial charge < -0.3 is 25.9 Å². The Morgan fingerprint density at radius 3 is 1.18 bits per heavy atom. The van der Waals surface area contributed by atoms with Gasteiger partial charge in [0.2, 0.25) is 0 Å². The second kappa shape index (κ2) is 15.6. The first kappa shape index (κ1) is 32.3. The molecule has 0 aliphatic carbocycles. The maximum absolute atomic E-state index is 10.3. The van der Waals surface area contributed by atoms with E-state index in [1.165, 1.54) is 0 Å². The summed E-state index contributed by atoms with van der Waals surface area (Å²) in [5, 5.41) is 33.8. The van der Waals surface area contributed by atoms with Gasteiger partial charge in [-0.25, -0.2) is 4.79 Å². The van der Waals surface area contributed by atoms with Crippen molar-refractivity contribution in [2.75, 3.05) is 0 Å². The maximum atomic E-state index is 10.3. The summed E-state index contributed by atoms with van der Waals surface area (Å²) in [4.78, 5) is 30.5. The average Bonchev–Trinajstić information content (AvgIpc) is 1.82. The molecule has 0 bridgehead atoms. The topological polar surface area (TPSA) is 164 Å². The van der Waals surface area contributed by atoms with Gasteiger partial charge in [-0.05, 0) is 0 Å². The Labute approximate surface area is 224 Å². The van der Waals surface area contributed by atoms with Crippen LogP contribution in [0.25, 0.3) is 0 Å². The zero-order chi connectivity index (χ0) is 10.6. The van der Waals surface area contributed by atoms with Crippen LogP contribution in [0.3, 0.4) is 0 Å². The van der Waals surface area contributed by atoms with Crippen molar-refractivity contribution >= 4 is 172 Å². The van der Waals surface area contributed by atoms with Crippen molar-refractivity contribution in [2.24, 2.45) is 0 Å². The molecule has 0 saturated heterocycles. The quantitative estimate of drug-likeness (QED) is 0.373. The Balaban J connectivity index is -0.000000120. The van der Waals surface area contributed by atoms with Gasteiger partial charge in [-0.1, -0.05) is 0 Å². The van der Waals surface area contributed by atoms with Crippen LogP contribution in [0.2, 0.25) is 0 Å². The molecule has 17 heavy (non-hydrogen) atoms. The predicted octanol–water partition coefficient (Wildman–Crippen LogP) is -4.02.